The summed E-state index contributed by atoms with van der Waals surface area (Å²) in [5.41, 5.74) is 21.0. The van der Waals surface area contributed by atoms with Gasteiger partial charge in [-0.3, -0.25) is 24.2 Å². The Labute approximate surface area is 190 Å². The van der Waals surface area contributed by atoms with Gasteiger partial charge < -0.3 is 44.0 Å². The van der Waals surface area contributed by atoms with E-state index >= 15 is 0 Å². The zero-order chi connectivity index (χ0) is 24.8. The lowest BCUT2D eigenvalue weighted by Crippen LogP contribution is -2.56. The molecule has 0 saturated carbocycles. The first-order valence-corrected chi connectivity index (χ1v) is 10.4. The molecule has 0 aromatic carbocycles. The van der Waals surface area contributed by atoms with Crippen molar-refractivity contribution in [2.75, 3.05) is 12.3 Å². The summed E-state index contributed by atoms with van der Waals surface area (Å²) in [4.78, 5) is 63.2. The van der Waals surface area contributed by atoms with Crippen molar-refractivity contribution < 1.29 is 29.1 Å². The number of nitrogens with zero attached hydrogens (tertiary/aromatic N) is 1. The van der Waals surface area contributed by atoms with Gasteiger partial charge in [-0.2, -0.15) is 12.6 Å². The second-order valence-electron chi connectivity index (χ2n) is 6.93. The normalized spacial score (nSPS) is 14.2. The first-order chi connectivity index (χ1) is 14.9. The topological polar surface area (TPSA) is 258 Å². The summed E-state index contributed by atoms with van der Waals surface area (Å²) in [6.07, 6.45) is -0.139. The number of guanidine groups is 1. The molecule has 0 saturated heterocycles. The number of aliphatic carboxylic acids is 1. The molecule has 4 unspecified atom stereocenters. The quantitative estimate of drug-likeness (QED) is 0.0483. The molecule has 0 aromatic rings. The van der Waals surface area contributed by atoms with E-state index in [0.717, 1.165) is 0 Å². The van der Waals surface area contributed by atoms with Crippen LogP contribution in [0.4, 0.5) is 0 Å². The molecule has 14 nitrogen and oxygen atoms in total. The predicted molar refractivity (Wildman–Crippen MR) is 119 cm³/mol. The number of nitrogens with one attached hydrogen (secondary N) is 3. The Hall–Kier alpha value is -3.07. The van der Waals surface area contributed by atoms with Crippen molar-refractivity contribution >= 4 is 48.2 Å². The standard InChI is InChI=1S/C17H32N8O6S/c1-8(23-14(28)9(18)7-32)13(27)24-10(4-5-12(19)26)15(29)25-11(16(30)31)3-2-6-22-17(20)21/h8-11,32H,2-7,18H2,1H3,(H2,19,26)(H,23,28)(H,24,27)(H,25,29)(H,30,31)(H4,20,21,22). The van der Waals surface area contributed by atoms with Crippen molar-refractivity contribution in [1.82, 2.24) is 16.0 Å². The Morgan fingerprint density at radius 2 is 1.53 bits per heavy atom. The molecule has 0 rings (SSSR count). The van der Waals surface area contributed by atoms with Crippen LogP contribution in [0.3, 0.4) is 0 Å². The summed E-state index contributed by atoms with van der Waals surface area (Å²) in [6, 6.07) is -4.55. The Bertz CT molecular complexity index is 715. The smallest absolute Gasteiger partial charge is 0.326 e. The number of carbonyl (C=O) groups is 5. The molecule has 0 aromatic heterocycles. The Kier molecular flexibility index (Phi) is 13.4. The molecular weight excluding hydrogens is 444 g/mol. The summed E-state index contributed by atoms with van der Waals surface area (Å²) in [6.45, 7) is 1.53. The fraction of sp³-hybridized carbons (Fsp3) is 0.647. The van der Waals surface area contributed by atoms with E-state index in [1.807, 2.05) is 0 Å². The average molecular weight is 477 g/mol. The van der Waals surface area contributed by atoms with Crippen LogP contribution in [0.1, 0.15) is 32.6 Å². The van der Waals surface area contributed by atoms with Crippen molar-refractivity contribution in [2.24, 2.45) is 27.9 Å². The highest BCUT2D eigenvalue weighted by Crippen LogP contribution is 2.04. The van der Waals surface area contributed by atoms with Crippen LogP contribution in [0.15, 0.2) is 4.99 Å². The van der Waals surface area contributed by atoms with E-state index < -0.39 is 53.8 Å². The van der Waals surface area contributed by atoms with E-state index in [1.54, 1.807) is 0 Å². The Morgan fingerprint density at radius 3 is 2.03 bits per heavy atom. The van der Waals surface area contributed by atoms with Gasteiger partial charge in [0.05, 0.1) is 6.04 Å². The number of carboxylic acid groups (broad SMARTS) is 1. The Morgan fingerprint density at radius 1 is 0.938 bits per heavy atom. The van der Waals surface area contributed by atoms with Gasteiger partial charge in [-0.25, -0.2) is 4.79 Å². The molecule has 0 fully saturated rings. The number of carboxylic acids is 1. The lowest BCUT2D eigenvalue weighted by Gasteiger charge is -2.23. The van der Waals surface area contributed by atoms with E-state index in [0.29, 0.717) is 0 Å². The van der Waals surface area contributed by atoms with Crippen LogP contribution in [-0.4, -0.2) is 77.1 Å². The lowest BCUT2D eigenvalue weighted by molar-refractivity contribution is -0.142. The van der Waals surface area contributed by atoms with Gasteiger partial charge >= 0.3 is 5.97 Å². The molecule has 0 bridgehead atoms. The molecule has 182 valence electrons. The van der Waals surface area contributed by atoms with Crippen molar-refractivity contribution in [2.45, 2.75) is 56.8 Å². The van der Waals surface area contributed by atoms with E-state index in [1.165, 1.54) is 6.92 Å². The molecular formula is C17H32N8O6S. The molecule has 0 radical (unpaired) electrons. The minimum Gasteiger partial charge on any atom is -0.480 e. The van der Waals surface area contributed by atoms with Gasteiger partial charge in [0.15, 0.2) is 5.96 Å². The summed E-state index contributed by atoms with van der Waals surface area (Å²) < 4.78 is 0. The zero-order valence-electron chi connectivity index (χ0n) is 17.7. The van der Waals surface area contributed by atoms with Crippen molar-refractivity contribution in [1.29, 1.82) is 0 Å². The van der Waals surface area contributed by atoms with E-state index in [9.17, 15) is 29.1 Å². The molecule has 0 aliphatic heterocycles. The number of rotatable bonds is 15. The van der Waals surface area contributed by atoms with E-state index in [2.05, 4.69) is 33.6 Å². The third-order valence-electron chi connectivity index (χ3n) is 4.16. The summed E-state index contributed by atoms with van der Waals surface area (Å²) >= 11 is 3.90. The maximum absolute atomic E-state index is 12.6. The lowest BCUT2D eigenvalue weighted by atomic mass is 10.1. The van der Waals surface area contributed by atoms with E-state index in [-0.39, 0.29) is 43.9 Å². The van der Waals surface area contributed by atoms with Gasteiger partial charge in [0.1, 0.15) is 18.1 Å². The molecule has 0 heterocycles. The van der Waals surface area contributed by atoms with Crippen LogP contribution in [0, 0.1) is 0 Å². The molecule has 12 N–H and O–H groups in total. The fourth-order valence-electron chi connectivity index (χ4n) is 2.35. The molecule has 32 heavy (non-hydrogen) atoms. The number of primary amides is 1. The highest BCUT2D eigenvalue weighted by molar-refractivity contribution is 7.80. The second-order valence-corrected chi connectivity index (χ2v) is 7.30. The van der Waals surface area contributed by atoms with Gasteiger partial charge in [-0.15, -0.1) is 0 Å². The fourth-order valence-corrected chi connectivity index (χ4v) is 2.52. The SMILES string of the molecule is CC(NC(=O)C(N)CS)C(=O)NC(CCC(N)=O)C(=O)NC(CCCN=C(N)N)C(=O)O. The number of aliphatic imine (C=N–C) groups is 1. The summed E-state index contributed by atoms with van der Waals surface area (Å²) in [5.74, 6) is -4.30. The van der Waals surface area contributed by atoms with Crippen LogP contribution < -0.4 is 38.9 Å². The monoisotopic (exact) mass is 476 g/mol. The predicted octanol–water partition coefficient (Wildman–Crippen LogP) is -3.88. The molecule has 0 spiro atoms. The third-order valence-corrected chi connectivity index (χ3v) is 4.55. The number of thiol groups is 1. The number of hydrogen-bond acceptors (Lipinski definition) is 8. The highest BCUT2D eigenvalue weighted by atomic mass is 32.1. The summed E-state index contributed by atoms with van der Waals surface area (Å²) in [7, 11) is 0. The minimum absolute atomic E-state index is 0.0163. The van der Waals surface area contributed by atoms with Crippen molar-refractivity contribution in [3.05, 3.63) is 0 Å². The average Bonchev–Trinajstić information content (AvgIpc) is 2.71. The van der Waals surface area contributed by atoms with Gasteiger partial charge in [0.2, 0.25) is 23.6 Å². The molecule has 4 atom stereocenters. The number of nitrogens with two attached hydrogens (primary N) is 4. The summed E-state index contributed by atoms with van der Waals surface area (Å²) in [5, 5.41) is 16.4. The first-order valence-electron chi connectivity index (χ1n) is 9.73. The number of hydrogen-bond donors (Lipinski definition) is 9. The van der Waals surface area contributed by atoms with E-state index in [4.69, 9.17) is 22.9 Å². The van der Waals surface area contributed by atoms with Gasteiger partial charge in [-0.05, 0) is 26.2 Å². The third kappa shape index (κ3) is 11.9. The highest BCUT2D eigenvalue weighted by Gasteiger charge is 2.28. The maximum Gasteiger partial charge on any atom is 0.326 e. The molecule has 4 amide bonds. The van der Waals surface area contributed by atoms with Crippen molar-refractivity contribution in [3.63, 3.8) is 0 Å². The van der Waals surface area contributed by atoms with Crippen LogP contribution in [-0.2, 0) is 24.0 Å². The van der Waals surface area contributed by atoms with Gasteiger partial charge in [0.25, 0.3) is 0 Å². The van der Waals surface area contributed by atoms with Gasteiger partial charge in [0, 0.05) is 18.7 Å². The van der Waals surface area contributed by atoms with Crippen molar-refractivity contribution in [3.8, 4) is 0 Å². The van der Waals surface area contributed by atoms with Crippen LogP contribution in [0.5, 0.6) is 0 Å². The first kappa shape index (κ1) is 28.9. The van der Waals surface area contributed by atoms with Crippen LogP contribution in [0.25, 0.3) is 0 Å². The molecule has 0 aliphatic carbocycles. The maximum atomic E-state index is 12.6. The number of amides is 4. The zero-order valence-corrected chi connectivity index (χ0v) is 18.6. The molecule has 15 heteroatoms. The Balaban J connectivity index is 5.16. The van der Waals surface area contributed by atoms with Crippen LogP contribution in [0.2, 0.25) is 0 Å². The van der Waals surface area contributed by atoms with Gasteiger partial charge in [-0.1, -0.05) is 0 Å². The molecule has 0 aliphatic rings. The largest absolute Gasteiger partial charge is 0.480 e. The minimum atomic E-state index is -1.30. The van der Waals surface area contributed by atoms with Crippen LogP contribution >= 0.6 is 12.6 Å². The number of carbonyl (C=O) groups excluding carboxylic acids is 4. The second kappa shape index (κ2) is 14.9.